The molecule has 0 aliphatic rings. The number of carbonyl (C=O) groups excluding carboxylic acids is 1. The fraction of sp³-hybridized carbons (Fsp3) is 0.900. The van der Waals surface area contributed by atoms with Gasteiger partial charge in [0, 0.05) is 26.2 Å². The molecule has 0 aliphatic carbocycles. The third-order valence-corrected chi connectivity index (χ3v) is 1.59. The highest BCUT2D eigenvalue weighted by atomic mass is 16.5. The van der Waals surface area contributed by atoms with E-state index in [1.165, 1.54) is 0 Å². The maximum absolute atomic E-state index is 11.1. The molecule has 0 saturated carbocycles. The number of carbonyl (C=O) groups is 1. The molecule has 0 rings (SSSR count). The lowest BCUT2D eigenvalue weighted by Crippen LogP contribution is -2.26. The van der Waals surface area contributed by atoms with Gasteiger partial charge in [0.2, 0.25) is 5.91 Å². The van der Waals surface area contributed by atoms with Crippen molar-refractivity contribution in [3.63, 3.8) is 0 Å². The lowest BCUT2D eigenvalue weighted by atomic mass is 10.1. The zero-order chi connectivity index (χ0) is 10.1. The van der Waals surface area contributed by atoms with E-state index in [9.17, 15) is 4.79 Å². The van der Waals surface area contributed by atoms with E-state index in [-0.39, 0.29) is 5.91 Å². The van der Waals surface area contributed by atoms with Gasteiger partial charge < -0.3 is 10.1 Å². The van der Waals surface area contributed by atoms with Crippen LogP contribution in [-0.2, 0) is 9.53 Å². The van der Waals surface area contributed by atoms with E-state index in [4.69, 9.17) is 4.74 Å². The predicted molar refractivity (Wildman–Crippen MR) is 53.6 cm³/mol. The summed E-state index contributed by atoms with van der Waals surface area (Å²) in [7, 11) is 0. The quantitative estimate of drug-likeness (QED) is 0.614. The molecule has 0 saturated heterocycles. The molecule has 0 spiro atoms. The largest absolute Gasteiger partial charge is 0.382 e. The first-order valence-corrected chi connectivity index (χ1v) is 5.01. The normalized spacial score (nSPS) is 10.5. The summed E-state index contributed by atoms with van der Waals surface area (Å²) in [6, 6.07) is 0. The molecule has 0 aliphatic heterocycles. The second kappa shape index (κ2) is 8.05. The van der Waals surface area contributed by atoms with Crippen LogP contribution < -0.4 is 5.32 Å². The fourth-order valence-electron chi connectivity index (χ4n) is 0.989. The molecule has 1 amide bonds. The van der Waals surface area contributed by atoms with Crippen molar-refractivity contribution in [2.24, 2.45) is 5.92 Å². The molecule has 13 heavy (non-hydrogen) atoms. The van der Waals surface area contributed by atoms with Crippen molar-refractivity contribution in [1.82, 2.24) is 5.32 Å². The molecule has 0 atom stereocenters. The summed E-state index contributed by atoms with van der Waals surface area (Å²) in [6.45, 7) is 8.26. The van der Waals surface area contributed by atoms with Gasteiger partial charge in [0.1, 0.15) is 0 Å². The van der Waals surface area contributed by atoms with Gasteiger partial charge in [-0.3, -0.25) is 4.79 Å². The Hall–Kier alpha value is -0.570. The van der Waals surface area contributed by atoms with Crippen molar-refractivity contribution in [3.8, 4) is 0 Å². The summed E-state index contributed by atoms with van der Waals surface area (Å²) >= 11 is 0. The maximum Gasteiger partial charge on any atom is 0.220 e. The van der Waals surface area contributed by atoms with E-state index in [1.54, 1.807) is 0 Å². The third-order valence-electron chi connectivity index (χ3n) is 1.59. The minimum Gasteiger partial charge on any atom is -0.382 e. The Bertz CT molecular complexity index is 135. The molecule has 0 heterocycles. The molecule has 0 fully saturated rings. The Morgan fingerprint density at radius 1 is 1.46 bits per heavy atom. The molecule has 3 heteroatoms. The third kappa shape index (κ3) is 9.34. The molecule has 0 radical (unpaired) electrons. The molecule has 3 nitrogen and oxygen atoms in total. The zero-order valence-electron chi connectivity index (χ0n) is 8.93. The van der Waals surface area contributed by atoms with Gasteiger partial charge in [-0.25, -0.2) is 0 Å². The number of ether oxygens (including phenoxy) is 1. The highest BCUT2D eigenvalue weighted by Crippen LogP contribution is 1.97. The molecular formula is C10H21NO2. The molecule has 1 N–H and O–H groups in total. The van der Waals surface area contributed by atoms with Crippen LogP contribution in [0.3, 0.4) is 0 Å². The molecular weight excluding hydrogens is 166 g/mol. The van der Waals surface area contributed by atoms with Gasteiger partial charge in [-0.15, -0.1) is 0 Å². The van der Waals surface area contributed by atoms with Crippen LogP contribution in [0.4, 0.5) is 0 Å². The van der Waals surface area contributed by atoms with Crippen molar-refractivity contribution < 1.29 is 9.53 Å². The van der Waals surface area contributed by atoms with Crippen LogP contribution in [0.5, 0.6) is 0 Å². The first-order valence-electron chi connectivity index (χ1n) is 5.01. The van der Waals surface area contributed by atoms with E-state index < -0.39 is 0 Å². The number of amides is 1. The zero-order valence-corrected chi connectivity index (χ0v) is 8.93. The SMILES string of the molecule is CCOCCCNC(=O)CC(C)C. The van der Waals surface area contributed by atoms with Crippen LogP contribution in [0.25, 0.3) is 0 Å². The monoisotopic (exact) mass is 187 g/mol. The summed E-state index contributed by atoms with van der Waals surface area (Å²) in [6.07, 6.45) is 1.52. The van der Waals surface area contributed by atoms with E-state index in [0.717, 1.165) is 26.2 Å². The van der Waals surface area contributed by atoms with Crippen LogP contribution >= 0.6 is 0 Å². The standard InChI is InChI=1S/C10H21NO2/c1-4-13-7-5-6-11-10(12)8-9(2)3/h9H,4-8H2,1-3H3,(H,11,12). The summed E-state index contributed by atoms with van der Waals surface area (Å²) in [5.41, 5.74) is 0. The average molecular weight is 187 g/mol. The maximum atomic E-state index is 11.1. The Morgan fingerprint density at radius 2 is 2.15 bits per heavy atom. The van der Waals surface area contributed by atoms with E-state index >= 15 is 0 Å². The molecule has 0 bridgehead atoms. The van der Waals surface area contributed by atoms with Gasteiger partial charge in [0.25, 0.3) is 0 Å². The molecule has 0 aromatic rings. The smallest absolute Gasteiger partial charge is 0.220 e. The lowest BCUT2D eigenvalue weighted by Gasteiger charge is -2.06. The Balaban J connectivity index is 3.17. The summed E-state index contributed by atoms with van der Waals surface area (Å²) in [5, 5.41) is 2.85. The Kier molecular flexibility index (Phi) is 7.69. The van der Waals surface area contributed by atoms with Crippen LogP contribution in [0.2, 0.25) is 0 Å². The highest BCUT2D eigenvalue weighted by Gasteiger charge is 2.02. The Morgan fingerprint density at radius 3 is 2.69 bits per heavy atom. The Labute approximate surface area is 80.8 Å². The minimum absolute atomic E-state index is 0.145. The minimum atomic E-state index is 0.145. The number of hydrogen-bond donors (Lipinski definition) is 1. The van der Waals surface area contributed by atoms with Gasteiger partial charge in [-0.2, -0.15) is 0 Å². The summed E-state index contributed by atoms with van der Waals surface area (Å²) in [4.78, 5) is 11.1. The first kappa shape index (κ1) is 12.4. The number of nitrogens with one attached hydrogen (secondary N) is 1. The first-order chi connectivity index (χ1) is 6.16. The van der Waals surface area contributed by atoms with E-state index in [1.807, 2.05) is 20.8 Å². The van der Waals surface area contributed by atoms with Gasteiger partial charge in [-0.1, -0.05) is 13.8 Å². The molecule has 78 valence electrons. The molecule has 0 unspecified atom stereocenters. The van der Waals surface area contributed by atoms with Crippen LogP contribution in [0.1, 0.15) is 33.6 Å². The van der Waals surface area contributed by atoms with Crippen molar-refractivity contribution >= 4 is 5.91 Å². The van der Waals surface area contributed by atoms with Gasteiger partial charge in [-0.05, 0) is 19.3 Å². The van der Waals surface area contributed by atoms with Crippen molar-refractivity contribution in [1.29, 1.82) is 0 Å². The van der Waals surface area contributed by atoms with Crippen LogP contribution in [0, 0.1) is 5.92 Å². The van der Waals surface area contributed by atoms with Gasteiger partial charge >= 0.3 is 0 Å². The number of hydrogen-bond acceptors (Lipinski definition) is 2. The van der Waals surface area contributed by atoms with Gasteiger partial charge in [0.15, 0.2) is 0 Å². The van der Waals surface area contributed by atoms with Crippen molar-refractivity contribution in [2.75, 3.05) is 19.8 Å². The second-order valence-corrected chi connectivity index (χ2v) is 3.50. The van der Waals surface area contributed by atoms with Crippen LogP contribution in [0.15, 0.2) is 0 Å². The van der Waals surface area contributed by atoms with Crippen molar-refractivity contribution in [2.45, 2.75) is 33.6 Å². The molecule has 0 aromatic carbocycles. The van der Waals surface area contributed by atoms with Crippen molar-refractivity contribution in [3.05, 3.63) is 0 Å². The summed E-state index contributed by atoms with van der Waals surface area (Å²) < 4.78 is 5.15. The fourth-order valence-corrected chi connectivity index (χ4v) is 0.989. The highest BCUT2D eigenvalue weighted by molar-refractivity contribution is 5.75. The average Bonchev–Trinajstić information content (AvgIpc) is 2.02. The van der Waals surface area contributed by atoms with Crippen LogP contribution in [-0.4, -0.2) is 25.7 Å². The van der Waals surface area contributed by atoms with E-state index in [2.05, 4.69) is 5.32 Å². The number of rotatable bonds is 7. The van der Waals surface area contributed by atoms with Gasteiger partial charge in [0.05, 0.1) is 0 Å². The van der Waals surface area contributed by atoms with E-state index in [0.29, 0.717) is 12.3 Å². The molecule has 0 aromatic heterocycles. The lowest BCUT2D eigenvalue weighted by molar-refractivity contribution is -0.121. The topological polar surface area (TPSA) is 38.3 Å². The second-order valence-electron chi connectivity index (χ2n) is 3.50. The summed E-state index contributed by atoms with van der Waals surface area (Å²) in [5.74, 6) is 0.582. The predicted octanol–water partition coefficient (Wildman–Crippen LogP) is 1.58.